The topological polar surface area (TPSA) is 79.2 Å². The van der Waals surface area contributed by atoms with Crippen molar-refractivity contribution in [3.05, 3.63) is 125 Å². The Morgan fingerprint density at radius 1 is 0.649 bits per heavy atom. The van der Waals surface area contributed by atoms with Crippen LogP contribution in [0.15, 0.2) is 113 Å². The van der Waals surface area contributed by atoms with Crippen LogP contribution in [-0.4, -0.2) is 18.1 Å². The average molecular weight is 484 g/mol. The van der Waals surface area contributed by atoms with Crippen LogP contribution in [0.1, 0.15) is 28.2 Å². The van der Waals surface area contributed by atoms with Crippen LogP contribution in [-0.2, 0) is 19.8 Å². The second-order valence-corrected chi connectivity index (χ2v) is 9.71. The zero-order valence-corrected chi connectivity index (χ0v) is 19.7. The molecule has 4 aliphatic rings. The first-order chi connectivity index (χ1) is 18.1. The van der Waals surface area contributed by atoms with Gasteiger partial charge in [-0.25, -0.2) is 4.90 Å². The van der Waals surface area contributed by atoms with E-state index in [0.717, 1.165) is 34.2 Å². The third kappa shape index (κ3) is 2.84. The second-order valence-electron chi connectivity index (χ2n) is 9.71. The number of amides is 2. The number of rotatable bonds is 4. The number of aldehydes is 1. The number of nitrogens with zero attached hydrogens (tertiary/aromatic N) is 3. The van der Waals surface area contributed by atoms with Gasteiger partial charge in [-0.05, 0) is 58.7 Å². The Balaban J connectivity index is 1.31. The summed E-state index contributed by atoms with van der Waals surface area (Å²) in [6, 6.07) is 31.7. The van der Waals surface area contributed by atoms with E-state index in [1.807, 2.05) is 78.9 Å². The molecule has 0 saturated carbocycles. The summed E-state index contributed by atoms with van der Waals surface area (Å²) >= 11 is 0. The lowest BCUT2D eigenvalue weighted by molar-refractivity contribution is -0.128. The maximum Gasteiger partial charge on any atom is 0.239 e. The van der Waals surface area contributed by atoms with Gasteiger partial charge in [0.25, 0.3) is 0 Å². The molecule has 0 N–H and O–H groups in total. The van der Waals surface area contributed by atoms with Crippen molar-refractivity contribution in [2.24, 2.45) is 22.1 Å². The first-order valence-corrected chi connectivity index (χ1v) is 12.2. The zero-order valence-electron chi connectivity index (χ0n) is 19.7. The van der Waals surface area contributed by atoms with Gasteiger partial charge in [0, 0.05) is 5.92 Å². The SMILES string of the molecule is O=CC12c3ccccc3C(c3ccccc31)[C@@H]1C(=O)N(c3ccc(N=Nc4ccccc4)cc3)C(=O)[C@H]12. The molecule has 6 nitrogen and oxygen atoms in total. The van der Waals surface area contributed by atoms with E-state index in [0.29, 0.717) is 11.4 Å². The number of hydrogen-bond acceptors (Lipinski definition) is 5. The van der Waals surface area contributed by atoms with Gasteiger partial charge in [0.2, 0.25) is 11.8 Å². The summed E-state index contributed by atoms with van der Waals surface area (Å²) in [6.07, 6.45) is 0.888. The van der Waals surface area contributed by atoms with E-state index in [1.54, 1.807) is 24.3 Å². The molecular formula is C31H21N3O3. The number of imide groups is 1. The fourth-order valence-electron chi connectivity index (χ4n) is 6.56. The highest BCUT2D eigenvalue weighted by Crippen LogP contribution is 2.63. The fourth-order valence-corrected chi connectivity index (χ4v) is 6.56. The normalized spacial score (nSPS) is 25.2. The molecule has 37 heavy (non-hydrogen) atoms. The van der Waals surface area contributed by atoms with Crippen LogP contribution >= 0.6 is 0 Å². The summed E-state index contributed by atoms with van der Waals surface area (Å²) in [7, 11) is 0. The van der Waals surface area contributed by atoms with Crippen molar-refractivity contribution in [1.29, 1.82) is 0 Å². The summed E-state index contributed by atoms with van der Waals surface area (Å²) < 4.78 is 0. The Morgan fingerprint density at radius 3 is 1.78 bits per heavy atom. The molecule has 2 atom stereocenters. The van der Waals surface area contributed by atoms with Gasteiger partial charge in [0.05, 0.1) is 34.3 Å². The van der Waals surface area contributed by atoms with Crippen molar-refractivity contribution >= 4 is 35.2 Å². The standard InChI is InChI=1S/C31H21N3O3/c35-18-31-24-12-6-4-10-22(24)26(23-11-5-7-13-25(23)31)27-28(31)30(37)34(29(27)36)21-16-14-20(15-17-21)33-32-19-8-2-1-3-9-19/h1-18,26-28H/t26?,27-,28-,31?/m0/s1. The van der Waals surface area contributed by atoms with E-state index >= 15 is 0 Å². The van der Waals surface area contributed by atoms with Gasteiger partial charge >= 0.3 is 0 Å². The predicted molar refractivity (Wildman–Crippen MR) is 138 cm³/mol. The molecule has 6 heteroatoms. The van der Waals surface area contributed by atoms with Gasteiger partial charge < -0.3 is 4.79 Å². The van der Waals surface area contributed by atoms with Gasteiger partial charge in [0.15, 0.2) is 0 Å². The summed E-state index contributed by atoms with van der Waals surface area (Å²) in [5.74, 6) is -2.31. The fraction of sp³-hybridized carbons (Fsp3) is 0.129. The number of benzene rings is 4. The second kappa shape index (κ2) is 7.90. The highest BCUT2D eigenvalue weighted by atomic mass is 16.2. The van der Waals surface area contributed by atoms with Crippen LogP contribution in [0.3, 0.4) is 0 Å². The van der Waals surface area contributed by atoms with Gasteiger partial charge in [-0.2, -0.15) is 10.2 Å². The number of anilines is 1. The molecule has 1 fully saturated rings. The molecule has 1 heterocycles. The maximum atomic E-state index is 14.0. The molecule has 0 spiro atoms. The molecule has 0 radical (unpaired) electrons. The first kappa shape index (κ1) is 21.6. The first-order valence-electron chi connectivity index (χ1n) is 12.2. The van der Waals surface area contributed by atoms with Crippen LogP contribution in [0, 0.1) is 11.8 Å². The largest absolute Gasteiger partial charge is 0.302 e. The molecule has 2 amide bonds. The Hall–Kier alpha value is -4.71. The van der Waals surface area contributed by atoms with Gasteiger partial charge in [-0.15, -0.1) is 0 Å². The van der Waals surface area contributed by atoms with E-state index in [4.69, 9.17) is 0 Å². The van der Waals surface area contributed by atoms with Crippen LogP contribution in [0.25, 0.3) is 0 Å². The molecule has 3 aliphatic carbocycles. The molecule has 1 aliphatic heterocycles. The minimum Gasteiger partial charge on any atom is -0.302 e. The van der Waals surface area contributed by atoms with E-state index in [1.165, 1.54) is 4.90 Å². The third-order valence-electron chi connectivity index (χ3n) is 8.01. The molecule has 1 saturated heterocycles. The lowest BCUT2D eigenvalue weighted by Gasteiger charge is -2.51. The van der Waals surface area contributed by atoms with Gasteiger partial charge in [0.1, 0.15) is 6.29 Å². The van der Waals surface area contributed by atoms with E-state index in [-0.39, 0.29) is 17.7 Å². The van der Waals surface area contributed by atoms with Crippen molar-refractivity contribution in [2.75, 3.05) is 4.90 Å². The van der Waals surface area contributed by atoms with Crippen LogP contribution in [0.2, 0.25) is 0 Å². The molecule has 0 unspecified atom stereocenters. The van der Waals surface area contributed by atoms with Crippen molar-refractivity contribution in [3.63, 3.8) is 0 Å². The van der Waals surface area contributed by atoms with Crippen molar-refractivity contribution in [3.8, 4) is 0 Å². The Kier molecular flexibility index (Phi) is 4.60. The lowest BCUT2D eigenvalue weighted by atomic mass is 9.48. The molecule has 178 valence electrons. The van der Waals surface area contributed by atoms with E-state index in [9.17, 15) is 14.4 Å². The Morgan fingerprint density at radius 2 is 1.19 bits per heavy atom. The quantitative estimate of drug-likeness (QED) is 0.207. The number of hydrogen-bond donors (Lipinski definition) is 0. The Bertz CT molecular complexity index is 1560. The summed E-state index contributed by atoms with van der Waals surface area (Å²) in [6.45, 7) is 0. The number of carbonyl (C=O) groups is 3. The van der Waals surface area contributed by atoms with E-state index < -0.39 is 17.3 Å². The summed E-state index contributed by atoms with van der Waals surface area (Å²) in [5.41, 5.74) is 4.17. The van der Waals surface area contributed by atoms with Gasteiger partial charge in [-0.3, -0.25) is 9.59 Å². The molecular weight excluding hydrogens is 462 g/mol. The minimum absolute atomic E-state index is 0.270. The highest BCUT2D eigenvalue weighted by Gasteiger charge is 2.68. The molecule has 0 aromatic heterocycles. The number of carbonyl (C=O) groups excluding carboxylic acids is 3. The van der Waals surface area contributed by atoms with Gasteiger partial charge in [-0.1, -0.05) is 66.7 Å². The maximum absolute atomic E-state index is 14.0. The molecule has 4 aromatic carbocycles. The van der Waals surface area contributed by atoms with E-state index in [2.05, 4.69) is 10.2 Å². The molecule has 8 rings (SSSR count). The van der Waals surface area contributed by atoms with Crippen LogP contribution in [0.5, 0.6) is 0 Å². The van der Waals surface area contributed by atoms with Crippen molar-refractivity contribution in [2.45, 2.75) is 11.3 Å². The monoisotopic (exact) mass is 483 g/mol. The van der Waals surface area contributed by atoms with Crippen LogP contribution in [0.4, 0.5) is 17.1 Å². The minimum atomic E-state index is -1.20. The average Bonchev–Trinajstić information content (AvgIpc) is 3.23. The highest BCUT2D eigenvalue weighted by molar-refractivity contribution is 6.24. The van der Waals surface area contributed by atoms with Crippen molar-refractivity contribution < 1.29 is 14.4 Å². The molecule has 2 bridgehead atoms. The lowest BCUT2D eigenvalue weighted by Crippen LogP contribution is -2.54. The van der Waals surface area contributed by atoms with Crippen LogP contribution < -0.4 is 4.90 Å². The number of azo groups is 1. The summed E-state index contributed by atoms with van der Waals surface area (Å²) in [4.78, 5) is 42.3. The predicted octanol–water partition coefficient (Wildman–Crippen LogP) is 5.85. The third-order valence-corrected chi connectivity index (χ3v) is 8.01. The molecule has 4 aromatic rings. The van der Waals surface area contributed by atoms with Crippen molar-refractivity contribution in [1.82, 2.24) is 0 Å². The summed E-state index contributed by atoms with van der Waals surface area (Å²) in [5, 5.41) is 8.48. The smallest absolute Gasteiger partial charge is 0.239 e. The Labute approximate surface area is 213 Å². The zero-order chi connectivity index (χ0) is 25.1.